The summed E-state index contributed by atoms with van der Waals surface area (Å²) in [6, 6.07) is 0. The molecule has 1 aliphatic carbocycles. The van der Waals surface area contributed by atoms with Gasteiger partial charge in [0.2, 0.25) is 5.95 Å². The van der Waals surface area contributed by atoms with E-state index in [0.717, 1.165) is 17.6 Å². The van der Waals surface area contributed by atoms with Crippen LogP contribution in [-0.4, -0.2) is 15.7 Å². The van der Waals surface area contributed by atoms with E-state index in [2.05, 4.69) is 35.4 Å². The molecule has 1 aromatic heterocycles. The van der Waals surface area contributed by atoms with Crippen molar-refractivity contribution in [2.75, 3.05) is 5.73 Å². The Hall–Kier alpha value is -2.56. The van der Waals surface area contributed by atoms with Crippen LogP contribution in [0.5, 0.6) is 0 Å². The van der Waals surface area contributed by atoms with Gasteiger partial charge in [0.05, 0.1) is 11.4 Å². The fraction of sp³-hybridized carbons (Fsp3) is 0.480. The molecule has 1 fully saturated rings. The second kappa shape index (κ2) is 11.6. The Kier molecular flexibility index (Phi) is 9.15. The molecule has 1 aliphatic heterocycles. The molecule has 162 valence electrons. The Morgan fingerprint density at radius 1 is 1.17 bits per heavy atom. The van der Waals surface area contributed by atoms with Crippen molar-refractivity contribution in [1.82, 2.24) is 9.97 Å². The molecule has 5 heteroatoms. The van der Waals surface area contributed by atoms with Crippen LogP contribution in [0.15, 0.2) is 53.1 Å². The van der Waals surface area contributed by atoms with E-state index < -0.39 is 0 Å². The summed E-state index contributed by atoms with van der Waals surface area (Å²) in [5.41, 5.74) is 9.92. The van der Waals surface area contributed by atoms with Crippen molar-refractivity contribution in [1.29, 1.82) is 0 Å². The van der Waals surface area contributed by atoms with Crippen molar-refractivity contribution in [3.63, 3.8) is 0 Å². The van der Waals surface area contributed by atoms with Crippen LogP contribution >= 0.6 is 0 Å². The molecule has 1 atom stereocenters. The van der Waals surface area contributed by atoms with Gasteiger partial charge in [-0.15, -0.1) is 0 Å². The zero-order valence-electron chi connectivity index (χ0n) is 18.8. The van der Waals surface area contributed by atoms with Crippen LogP contribution in [0.25, 0.3) is 5.57 Å². The Balaban J connectivity index is 0.000000456. The standard InChI is InChI=1S/C19H23FN4.C6H12/c1-6-15-9-22-14(5)18(20)8-16(7-11(15)2)12(3)17-10-23-19(21)24-13(17)4;1-2-4-6-5-3-1/h7-11H,3,6H2,1-2,4-5H3,(H2,21,23,24);1-6H2/b15-9-,16-7+,18-8+,22-14+;/t11-;/m1./s1. The number of aromatic nitrogens is 2. The second-order valence-corrected chi connectivity index (χ2v) is 8.00. The molecule has 1 aromatic rings. The predicted molar refractivity (Wildman–Crippen MR) is 126 cm³/mol. The van der Waals surface area contributed by atoms with E-state index in [4.69, 9.17) is 5.73 Å². The quantitative estimate of drug-likeness (QED) is 0.589. The van der Waals surface area contributed by atoms with Gasteiger partial charge in [-0.25, -0.2) is 14.4 Å². The summed E-state index contributed by atoms with van der Waals surface area (Å²) in [6.45, 7) is 11.7. The first-order valence-corrected chi connectivity index (χ1v) is 10.9. The van der Waals surface area contributed by atoms with Crippen molar-refractivity contribution < 1.29 is 4.39 Å². The lowest BCUT2D eigenvalue weighted by molar-refractivity contribution is 0.504. The Morgan fingerprint density at radius 3 is 2.30 bits per heavy atom. The van der Waals surface area contributed by atoms with Gasteiger partial charge in [-0.05, 0) is 49.0 Å². The van der Waals surface area contributed by atoms with E-state index in [-0.39, 0.29) is 17.7 Å². The number of rotatable bonds is 3. The Morgan fingerprint density at radius 2 is 1.77 bits per heavy atom. The van der Waals surface area contributed by atoms with Gasteiger partial charge in [0.25, 0.3) is 0 Å². The van der Waals surface area contributed by atoms with Gasteiger partial charge >= 0.3 is 0 Å². The molecule has 2 aliphatic rings. The molecule has 30 heavy (non-hydrogen) atoms. The summed E-state index contributed by atoms with van der Waals surface area (Å²) in [7, 11) is 0. The van der Waals surface area contributed by atoms with Crippen LogP contribution in [0.1, 0.15) is 77.0 Å². The lowest BCUT2D eigenvalue weighted by atomic mass is 9.92. The van der Waals surface area contributed by atoms with Gasteiger partial charge in [-0.1, -0.05) is 65.0 Å². The van der Waals surface area contributed by atoms with Gasteiger partial charge in [0, 0.05) is 18.0 Å². The molecule has 0 amide bonds. The van der Waals surface area contributed by atoms with Gasteiger partial charge in [-0.3, -0.25) is 4.99 Å². The van der Waals surface area contributed by atoms with E-state index in [1.54, 1.807) is 19.3 Å². The van der Waals surface area contributed by atoms with Gasteiger partial charge in [-0.2, -0.15) is 0 Å². The summed E-state index contributed by atoms with van der Waals surface area (Å²) in [5, 5.41) is 0. The number of nitrogen functional groups attached to an aromatic ring is 1. The number of nitrogens with two attached hydrogens (primary N) is 1. The van der Waals surface area contributed by atoms with E-state index in [1.165, 1.54) is 44.6 Å². The number of nitrogens with zero attached hydrogens (tertiary/aromatic N) is 3. The fourth-order valence-electron chi connectivity index (χ4n) is 3.62. The first-order valence-electron chi connectivity index (χ1n) is 10.9. The molecule has 2 N–H and O–H groups in total. The molecule has 3 rings (SSSR count). The van der Waals surface area contributed by atoms with Crippen LogP contribution in [0, 0.1) is 12.8 Å². The molecule has 0 spiro atoms. The number of halogens is 1. The maximum atomic E-state index is 14.4. The number of hydrogen-bond acceptors (Lipinski definition) is 4. The monoisotopic (exact) mass is 410 g/mol. The van der Waals surface area contributed by atoms with E-state index >= 15 is 0 Å². The van der Waals surface area contributed by atoms with Gasteiger partial charge < -0.3 is 5.73 Å². The van der Waals surface area contributed by atoms with Crippen molar-refractivity contribution in [3.05, 3.63) is 59.4 Å². The Labute approximate surface area is 180 Å². The lowest BCUT2D eigenvalue weighted by Gasteiger charge is -2.14. The van der Waals surface area contributed by atoms with Crippen LogP contribution in [-0.2, 0) is 0 Å². The van der Waals surface area contributed by atoms with Crippen LogP contribution < -0.4 is 5.73 Å². The second-order valence-electron chi connectivity index (χ2n) is 8.00. The largest absolute Gasteiger partial charge is 0.368 e. The Bertz CT molecular complexity index is 862. The summed E-state index contributed by atoms with van der Waals surface area (Å²) in [4.78, 5) is 12.4. The van der Waals surface area contributed by atoms with Crippen molar-refractivity contribution in [2.45, 2.75) is 72.6 Å². The zero-order valence-corrected chi connectivity index (χ0v) is 18.8. The number of aryl methyl sites for hydroxylation is 1. The maximum absolute atomic E-state index is 14.4. The molecule has 0 bridgehead atoms. The SMILES string of the molecule is C1CCCCC1.C=C(C1=C/[C@@H](C)\C(CC)=C/N=C(C)/C(F)=C\1)c1cnc(N)nc1C. The third kappa shape index (κ3) is 6.75. The van der Waals surface area contributed by atoms with Crippen LogP contribution in [0.2, 0.25) is 0 Å². The average Bonchev–Trinajstić information content (AvgIpc) is 2.79. The van der Waals surface area contributed by atoms with Crippen LogP contribution in [0.4, 0.5) is 10.3 Å². The van der Waals surface area contributed by atoms with E-state index in [1.807, 2.05) is 13.0 Å². The van der Waals surface area contributed by atoms with Crippen molar-refractivity contribution in [3.8, 4) is 0 Å². The van der Waals surface area contributed by atoms with Gasteiger partial charge in [0.1, 0.15) is 5.83 Å². The van der Waals surface area contributed by atoms with Crippen molar-refractivity contribution in [2.24, 2.45) is 10.9 Å². The molecule has 0 unspecified atom stereocenters. The minimum atomic E-state index is -0.378. The predicted octanol–water partition coefficient (Wildman–Crippen LogP) is 6.91. The number of hydrogen-bond donors (Lipinski definition) is 1. The highest BCUT2D eigenvalue weighted by Crippen LogP contribution is 2.29. The number of allylic oxidation sites excluding steroid dienone is 6. The topological polar surface area (TPSA) is 64.2 Å². The van der Waals surface area contributed by atoms with Gasteiger partial charge in [0.15, 0.2) is 0 Å². The highest BCUT2D eigenvalue weighted by Gasteiger charge is 2.15. The molecule has 0 aromatic carbocycles. The van der Waals surface area contributed by atoms with Crippen LogP contribution in [0.3, 0.4) is 0 Å². The number of anilines is 1. The molecule has 2 heterocycles. The molecule has 4 nitrogen and oxygen atoms in total. The first kappa shape index (κ1) is 23.7. The fourth-order valence-corrected chi connectivity index (χ4v) is 3.62. The highest BCUT2D eigenvalue weighted by molar-refractivity contribution is 5.98. The van der Waals surface area contributed by atoms with E-state index in [0.29, 0.717) is 22.6 Å². The first-order chi connectivity index (χ1) is 14.3. The average molecular weight is 411 g/mol. The van der Waals surface area contributed by atoms with E-state index in [9.17, 15) is 4.39 Å². The molecule has 0 saturated heterocycles. The zero-order chi connectivity index (χ0) is 22.1. The molecular weight excluding hydrogens is 375 g/mol. The smallest absolute Gasteiger partial charge is 0.220 e. The minimum Gasteiger partial charge on any atom is -0.368 e. The molecular formula is C25H35FN4. The highest BCUT2D eigenvalue weighted by atomic mass is 19.1. The summed E-state index contributed by atoms with van der Waals surface area (Å²) in [5.74, 6) is -0.0468. The molecule has 0 radical (unpaired) electrons. The summed E-state index contributed by atoms with van der Waals surface area (Å²) in [6.07, 6.45) is 16.7. The third-order valence-electron chi connectivity index (χ3n) is 5.65. The summed E-state index contributed by atoms with van der Waals surface area (Å²) >= 11 is 0. The minimum absolute atomic E-state index is 0.121. The number of aliphatic imine (C=N–C) groups is 1. The van der Waals surface area contributed by atoms with Crippen molar-refractivity contribution >= 4 is 17.2 Å². The maximum Gasteiger partial charge on any atom is 0.220 e. The molecule has 1 saturated carbocycles. The normalized spacial score (nSPS) is 26.5. The summed E-state index contributed by atoms with van der Waals surface area (Å²) < 4.78 is 14.4. The third-order valence-corrected chi connectivity index (χ3v) is 5.65. The lowest BCUT2D eigenvalue weighted by Crippen LogP contribution is -2.02.